The molecular formula is C16H22O7. The number of aliphatic hydroxyl groups excluding tert-OH is 3. The highest BCUT2D eigenvalue weighted by atomic mass is 16.7. The van der Waals surface area contributed by atoms with Crippen molar-refractivity contribution < 1.29 is 34.3 Å². The van der Waals surface area contributed by atoms with E-state index < -0.39 is 36.7 Å². The van der Waals surface area contributed by atoms with Crippen molar-refractivity contribution in [3.63, 3.8) is 0 Å². The minimum Gasteiger partial charge on any atom is -0.463 e. The fraction of sp³-hybridized carbons (Fsp3) is 0.562. The quantitative estimate of drug-likeness (QED) is 0.642. The summed E-state index contributed by atoms with van der Waals surface area (Å²) < 4.78 is 15.9. The van der Waals surface area contributed by atoms with Gasteiger partial charge in [-0.3, -0.25) is 4.79 Å². The third-order valence-electron chi connectivity index (χ3n) is 3.53. The van der Waals surface area contributed by atoms with Crippen LogP contribution in [-0.2, 0) is 14.3 Å². The van der Waals surface area contributed by atoms with Gasteiger partial charge in [-0.05, 0) is 18.6 Å². The molecule has 1 aliphatic heterocycles. The van der Waals surface area contributed by atoms with Gasteiger partial charge in [0, 0.05) is 6.42 Å². The van der Waals surface area contributed by atoms with Crippen LogP contribution >= 0.6 is 0 Å². The normalized spacial score (nSPS) is 30.7. The maximum absolute atomic E-state index is 11.4. The van der Waals surface area contributed by atoms with E-state index >= 15 is 0 Å². The van der Waals surface area contributed by atoms with Gasteiger partial charge in [-0.25, -0.2) is 0 Å². The standard InChI is InChI=1S/C16H22O7/c1-2-6-12(17)21-9-11-13(18)14(19)15(20)16(23-11)22-10-7-4-3-5-8-10/h3-5,7-8,11,13-16,18-20H,2,6,9H2,1H3/t11-,13-,14+,15-,16-/m1/s1. The average molecular weight is 326 g/mol. The Morgan fingerprint density at radius 1 is 1.13 bits per heavy atom. The van der Waals surface area contributed by atoms with Crippen molar-refractivity contribution in [1.82, 2.24) is 0 Å². The third kappa shape index (κ3) is 4.65. The van der Waals surface area contributed by atoms with Crippen LogP contribution in [0.2, 0.25) is 0 Å². The highest BCUT2D eigenvalue weighted by Gasteiger charge is 2.45. The van der Waals surface area contributed by atoms with E-state index in [4.69, 9.17) is 14.2 Å². The molecule has 1 aromatic rings. The van der Waals surface area contributed by atoms with Crippen molar-refractivity contribution in [2.75, 3.05) is 6.61 Å². The molecule has 0 aromatic heterocycles. The number of benzene rings is 1. The fourth-order valence-corrected chi connectivity index (χ4v) is 2.24. The SMILES string of the molecule is CCCC(=O)OC[C@H]1O[C@@H](Oc2ccccc2)[C@H](O)[C@@H](O)[C@@H]1O. The van der Waals surface area contributed by atoms with Gasteiger partial charge in [0.25, 0.3) is 0 Å². The molecule has 0 radical (unpaired) electrons. The molecule has 2 rings (SSSR count). The van der Waals surface area contributed by atoms with E-state index in [1.54, 1.807) is 30.3 Å². The number of ether oxygens (including phenoxy) is 3. The van der Waals surface area contributed by atoms with Gasteiger partial charge in [0.05, 0.1) is 0 Å². The maximum atomic E-state index is 11.4. The van der Waals surface area contributed by atoms with Crippen LogP contribution in [0.3, 0.4) is 0 Å². The summed E-state index contributed by atoms with van der Waals surface area (Å²) in [6.45, 7) is 1.62. The molecule has 1 heterocycles. The molecule has 1 saturated heterocycles. The number of carbonyl (C=O) groups excluding carboxylic acids is 1. The largest absolute Gasteiger partial charge is 0.463 e. The summed E-state index contributed by atoms with van der Waals surface area (Å²) in [6, 6.07) is 8.65. The molecule has 5 atom stereocenters. The Balaban J connectivity index is 1.98. The summed E-state index contributed by atoms with van der Waals surface area (Å²) in [7, 11) is 0. The second kappa shape index (κ2) is 8.26. The van der Waals surface area contributed by atoms with Gasteiger partial charge in [-0.15, -0.1) is 0 Å². The van der Waals surface area contributed by atoms with Gasteiger partial charge in [0.1, 0.15) is 36.8 Å². The number of para-hydroxylation sites is 1. The molecule has 23 heavy (non-hydrogen) atoms. The summed E-state index contributed by atoms with van der Waals surface area (Å²) in [5.41, 5.74) is 0. The molecule has 0 saturated carbocycles. The zero-order valence-corrected chi connectivity index (χ0v) is 12.9. The molecule has 0 aliphatic carbocycles. The lowest BCUT2D eigenvalue weighted by atomic mass is 9.99. The second-order valence-corrected chi connectivity index (χ2v) is 5.38. The minimum atomic E-state index is -1.47. The number of hydrogen-bond donors (Lipinski definition) is 3. The minimum absolute atomic E-state index is 0.224. The van der Waals surface area contributed by atoms with Crippen molar-refractivity contribution in [2.45, 2.75) is 50.5 Å². The molecule has 3 N–H and O–H groups in total. The zero-order valence-electron chi connectivity index (χ0n) is 12.9. The van der Waals surface area contributed by atoms with Crippen LogP contribution in [0.15, 0.2) is 30.3 Å². The van der Waals surface area contributed by atoms with Crippen molar-refractivity contribution in [3.05, 3.63) is 30.3 Å². The lowest BCUT2D eigenvalue weighted by Crippen LogP contribution is -2.60. The zero-order chi connectivity index (χ0) is 16.8. The molecule has 7 nitrogen and oxygen atoms in total. The number of carbonyl (C=O) groups is 1. The molecular weight excluding hydrogens is 304 g/mol. The monoisotopic (exact) mass is 326 g/mol. The predicted octanol–water partition coefficient (Wildman–Crippen LogP) is 0.216. The molecule has 0 unspecified atom stereocenters. The van der Waals surface area contributed by atoms with E-state index in [2.05, 4.69) is 0 Å². The Labute approximate surface area is 134 Å². The molecule has 7 heteroatoms. The van der Waals surface area contributed by atoms with Crippen LogP contribution in [-0.4, -0.2) is 58.6 Å². The smallest absolute Gasteiger partial charge is 0.305 e. The molecule has 1 fully saturated rings. The molecule has 128 valence electrons. The lowest BCUT2D eigenvalue weighted by molar-refractivity contribution is -0.278. The van der Waals surface area contributed by atoms with E-state index in [-0.39, 0.29) is 13.0 Å². The van der Waals surface area contributed by atoms with Gasteiger partial charge in [-0.2, -0.15) is 0 Å². The van der Waals surface area contributed by atoms with Gasteiger partial charge in [0.2, 0.25) is 6.29 Å². The summed E-state index contributed by atoms with van der Waals surface area (Å²) in [6.07, 6.45) is -5.52. The molecule has 0 amide bonds. The lowest BCUT2D eigenvalue weighted by Gasteiger charge is -2.39. The first-order valence-corrected chi connectivity index (χ1v) is 7.60. The molecule has 0 spiro atoms. The van der Waals surface area contributed by atoms with Gasteiger partial charge < -0.3 is 29.5 Å². The Hall–Kier alpha value is -1.67. The Morgan fingerprint density at radius 3 is 2.48 bits per heavy atom. The summed E-state index contributed by atoms with van der Waals surface area (Å²) in [5.74, 6) is 0.0336. The summed E-state index contributed by atoms with van der Waals surface area (Å²) in [4.78, 5) is 11.4. The number of esters is 1. The van der Waals surface area contributed by atoms with Crippen molar-refractivity contribution in [3.8, 4) is 5.75 Å². The van der Waals surface area contributed by atoms with E-state index in [9.17, 15) is 20.1 Å². The maximum Gasteiger partial charge on any atom is 0.305 e. The van der Waals surface area contributed by atoms with Gasteiger partial charge in [0.15, 0.2) is 0 Å². The van der Waals surface area contributed by atoms with Gasteiger partial charge >= 0.3 is 5.97 Å². The molecule has 1 aromatic carbocycles. The Bertz CT molecular complexity index is 492. The Morgan fingerprint density at radius 2 is 1.83 bits per heavy atom. The first-order chi connectivity index (χ1) is 11.0. The van der Waals surface area contributed by atoms with E-state index in [0.717, 1.165) is 0 Å². The van der Waals surface area contributed by atoms with E-state index in [1.165, 1.54) is 0 Å². The predicted molar refractivity (Wildman–Crippen MR) is 79.6 cm³/mol. The van der Waals surface area contributed by atoms with Crippen molar-refractivity contribution in [1.29, 1.82) is 0 Å². The first kappa shape index (κ1) is 17.7. The topological polar surface area (TPSA) is 105 Å². The average Bonchev–Trinajstić information content (AvgIpc) is 2.55. The van der Waals surface area contributed by atoms with Crippen LogP contribution in [0.25, 0.3) is 0 Å². The van der Waals surface area contributed by atoms with Crippen LogP contribution < -0.4 is 4.74 Å². The first-order valence-electron chi connectivity index (χ1n) is 7.60. The van der Waals surface area contributed by atoms with Gasteiger partial charge in [-0.1, -0.05) is 25.1 Å². The van der Waals surface area contributed by atoms with E-state index in [0.29, 0.717) is 12.2 Å². The number of hydrogen-bond acceptors (Lipinski definition) is 7. The van der Waals surface area contributed by atoms with Crippen molar-refractivity contribution >= 4 is 5.97 Å². The molecule has 1 aliphatic rings. The Kier molecular flexibility index (Phi) is 6.35. The van der Waals surface area contributed by atoms with Crippen LogP contribution in [0, 0.1) is 0 Å². The summed E-state index contributed by atoms with van der Waals surface area (Å²) >= 11 is 0. The highest BCUT2D eigenvalue weighted by molar-refractivity contribution is 5.69. The highest BCUT2D eigenvalue weighted by Crippen LogP contribution is 2.24. The number of rotatable bonds is 6. The molecule has 0 bridgehead atoms. The van der Waals surface area contributed by atoms with Crippen LogP contribution in [0.1, 0.15) is 19.8 Å². The fourth-order valence-electron chi connectivity index (χ4n) is 2.24. The summed E-state index contributed by atoms with van der Waals surface area (Å²) in [5, 5.41) is 29.9. The second-order valence-electron chi connectivity index (χ2n) is 5.38. The number of aliphatic hydroxyl groups is 3. The third-order valence-corrected chi connectivity index (χ3v) is 3.53. The van der Waals surface area contributed by atoms with E-state index in [1.807, 2.05) is 6.92 Å². The van der Waals surface area contributed by atoms with Crippen LogP contribution in [0.5, 0.6) is 5.75 Å². The van der Waals surface area contributed by atoms with Crippen molar-refractivity contribution in [2.24, 2.45) is 0 Å². The van der Waals surface area contributed by atoms with Crippen LogP contribution in [0.4, 0.5) is 0 Å².